The topological polar surface area (TPSA) is 49.3 Å². The lowest BCUT2D eigenvalue weighted by atomic mass is 10.2. The smallest absolute Gasteiger partial charge is 0.277 e. The van der Waals surface area contributed by atoms with Crippen LogP contribution < -0.4 is 9.80 Å². The molecule has 0 unspecified atom stereocenters. The van der Waals surface area contributed by atoms with Crippen molar-refractivity contribution in [2.45, 2.75) is 13.3 Å². The lowest BCUT2D eigenvalue weighted by Gasteiger charge is -2.24. The third kappa shape index (κ3) is 2.76. The number of aryl methyl sites for hydroxylation is 1. The molecule has 0 N–H and O–H groups in total. The Morgan fingerprint density at radius 1 is 1.23 bits per heavy atom. The van der Waals surface area contributed by atoms with Gasteiger partial charge in [0.25, 0.3) is 5.91 Å². The van der Waals surface area contributed by atoms with E-state index < -0.39 is 0 Å². The lowest BCUT2D eigenvalue weighted by Crippen LogP contribution is -2.32. The molecule has 5 nitrogen and oxygen atoms in total. The summed E-state index contributed by atoms with van der Waals surface area (Å²) in [6.45, 7) is 3.30. The number of hydrogen-bond acceptors (Lipinski definition) is 4. The third-order valence-corrected chi connectivity index (χ3v) is 3.99. The quantitative estimate of drug-likeness (QED) is 0.811. The minimum absolute atomic E-state index is 0.121. The first kappa shape index (κ1) is 14.8. The Bertz CT molecular complexity index is 719. The minimum Gasteiger partial charge on any atom is -0.373 e. The lowest BCUT2D eigenvalue weighted by molar-refractivity contribution is 0.0982. The number of carbonyl (C=O) groups is 1. The summed E-state index contributed by atoms with van der Waals surface area (Å²) >= 11 is 6.14. The number of rotatable bonds is 1. The van der Waals surface area contributed by atoms with Crippen molar-refractivity contribution in [2.75, 3.05) is 29.9 Å². The molecule has 0 fully saturated rings. The summed E-state index contributed by atoms with van der Waals surface area (Å²) in [5.74, 6) is 0.466. The molecule has 22 heavy (non-hydrogen) atoms. The number of benzene rings is 1. The highest BCUT2D eigenvalue weighted by atomic mass is 35.5. The zero-order valence-electron chi connectivity index (χ0n) is 12.6. The third-order valence-electron chi connectivity index (χ3n) is 3.76. The summed E-state index contributed by atoms with van der Waals surface area (Å²) in [6.07, 6.45) is 2.50. The van der Waals surface area contributed by atoms with Crippen LogP contribution in [0.5, 0.6) is 0 Å². The Balaban J connectivity index is 2.05. The number of aromatic nitrogens is 2. The second kappa shape index (κ2) is 5.93. The molecule has 0 spiro atoms. The van der Waals surface area contributed by atoms with E-state index in [0.717, 1.165) is 24.3 Å². The second-order valence-corrected chi connectivity index (χ2v) is 5.79. The summed E-state index contributed by atoms with van der Waals surface area (Å²) in [6, 6.07) is 7.28. The van der Waals surface area contributed by atoms with Crippen LogP contribution in [0.3, 0.4) is 0 Å². The van der Waals surface area contributed by atoms with Gasteiger partial charge in [-0.25, -0.2) is 9.97 Å². The van der Waals surface area contributed by atoms with Crippen LogP contribution in [0.1, 0.15) is 22.7 Å². The summed E-state index contributed by atoms with van der Waals surface area (Å²) in [5.41, 5.74) is 2.23. The molecule has 6 heteroatoms. The van der Waals surface area contributed by atoms with Gasteiger partial charge in [0.05, 0.1) is 11.4 Å². The molecule has 1 aromatic carbocycles. The van der Waals surface area contributed by atoms with Crippen LogP contribution in [-0.2, 0) is 0 Å². The van der Waals surface area contributed by atoms with Crippen molar-refractivity contribution in [1.82, 2.24) is 9.97 Å². The van der Waals surface area contributed by atoms with Crippen molar-refractivity contribution in [2.24, 2.45) is 0 Å². The predicted molar refractivity (Wildman–Crippen MR) is 87.8 cm³/mol. The second-order valence-electron chi connectivity index (χ2n) is 5.35. The van der Waals surface area contributed by atoms with Gasteiger partial charge >= 0.3 is 0 Å². The summed E-state index contributed by atoms with van der Waals surface area (Å²) in [7, 11) is 2.02. The number of fused-ring (bicyclic) bond motifs is 1. The van der Waals surface area contributed by atoms with E-state index in [1.54, 1.807) is 24.1 Å². The van der Waals surface area contributed by atoms with Crippen molar-refractivity contribution in [1.29, 1.82) is 0 Å². The average molecular weight is 317 g/mol. The van der Waals surface area contributed by atoms with Crippen LogP contribution in [0.2, 0.25) is 5.02 Å². The van der Waals surface area contributed by atoms with Gasteiger partial charge in [-0.1, -0.05) is 11.6 Å². The van der Waals surface area contributed by atoms with Gasteiger partial charge in [-0.3, -0.25) is 4.79 Å². The number of nitrogens with zero attached hydrogens (tertiary/aromatic N) is 4. The zero-order chi connectivity index (χ0) is 15.7. The fourth-order valence-corrected chi connectivity index (χ4v) is 2.83. The molecule has 0 radical (unpaired) electrons. The molecule has 0 saturated carbocycles. The zero-order valence-corrected chi connectivity index (χ0v) is 13.3. The van der Waals surface area contributed by atoms with E-state index in [0.29, 0.717) is 23.1 Å². The molecule has 114 valence electrons. The molecular weight excluding hydrogens is 300 g/mol. The predicted octanol–water partition coefficient (Wildman–Crippen LogP) is 2.93. The van der Waals surface area contributed by atoms with E-state index in [4.69, 9.17) is 11.6 Å². The Morgan fingerprint density at radius 2 is 2.05 bits per heavy atom. The molecule has 1 aliphatic rings. The summed E-state index contributed by atoms with van der Waals surface area (Å²) in [5, 5.41) is 0.616. The van der Waals surface area contributed by atoms with Gasteiger partial charge in [-0.05, 0) is 37.6 Å². The first-order valence-corrected chi connectivity index (χ1v) is 7.56. The molecule has 0 saturated heterocycles. The molecule has 3 rings (SSSR count). The Hall–Kier alpha value is -2.14. The van der Waals surface area contributed by atoms with Gasteiger partial charge < -0.3 is 9.80 Å². The maximum absolute atomic E-state index is 12.9. The number of anilines is 2. The fraction of sp³-hybridized carbons (Fsp3) is 0.312. The van der Waals surface area contributed by atoms with Crippen molar-refractivity contribution in [3.8, 4) is 0 Å². The van der Waals surface area contributed by atoms with E-state index in [-0.39, 0.29) is 5.91 Å². The van der Waals surface area contributed by atoms with Crippen molar-refractivity contribution in [3.05, 3.63) is 47.0 Å². The standard InChI is InChI=1S/C16H17ClN4O/c1-11-18-7-6-13(19-11)16(22)21-9-3-8-20(2)14-5-4-12(17)10-15(14)21/h4-7,10H,3,8-9H2,1-2H3. The van der Waals surface area contributed by atoms with Crippen LogP contribution in [-0.4, -0.2) is 36.0 Å². The average Bonchev–Trinajstić information content (AvgIpc) is 2.65. The van der Waals surface area contributed by atoms with E-state index in [1.807, 2.05) is 25.2 Å². The van der Waals surface area contributed by atoms with Crippen molar-refractivity contribution in [3.63, 3.8) is 0 Å². The Kier molecular flexibility index (Phi) is 3.98. The van der Waals surface area contributed by atoms with Gasteiger partial charge in [0.1, 0.15) is 11.5 Å². The maximum Gasteiger partial charge on any atom is 0.277 e. The van der Waals surface area contributed by atoms with Crippen LogP contribution in [0.25, 0.3) is 0 Å². The highest BCUT2D eigenvalue weighted by molar-refractivity contribution is 6.31. The van der Waals surface area contributed by atoms with Gasteiger partial charge in [-0.15, -0.1) is 0 Å². The number of hydrogen-bond donors (Lipinski definition) is 0. The van der Waals surface area contributed by atoms with Crippen LogP contribution in [0.4, 0.5) is 11.4 Å². The SMILES string of the molecule is Cc1nccc(C(=O)N2CCCN(C)c3ccc(Cl)cc32)n1. The number of carbonyl (C=O) groups excluding carboxylic acids is 1. The number of halogens is 1. The molecule has 2 aromatic rings. The van der Waals surface area contributed by atoms with E-state index in [2.05, 4.69) is 14.9 Å². The molecule has 1 amide bonds. The Morgan fingerprint density at radius 3 is 2.82 bits per heavy atom. The first-order chi connectivity index (χ1) is 10.6. The van der Waals surface area contributed by atoms with Gasteiger partial charge in [0.2, 0.25) is 0 Å². The summed E-state index contributed by atoms with van der Waals surface area (Å²) < 4.78 is 0. The van der Waals surface area contributed by atoms with Crippen LogP contribution in [0.15, 0.2) is 30.5 Å². The summed E-state index contributed by atoms with van der Waals surface area (Å²) in [4.78, 5) is 25.0. The van der Waals surface area contributed by atoms with Crippen LogP contribution >= 0.6 is 11.6 Å². The molecule has 0 bridgehead atoms. The van der Waals surface area contributed by atoms with Gasteiger partial charge in [-0.2, -0.15) is 0 Å². The first-order valence-electron chi connectivity index (χ1n) is 7.18. The molecule has 0 aliphatic carbocycles. The van der Waals surface area contributed by atoms with Gasteiger partial charge in [0.15, 0.2) is 0 Å². The fourth-order valence-electron chi connectivity index (χ4n) is 2.67. The van der Waals surface area contributed by atoms with E-state index >= 15 is 0 Å². The molecule has 1 aliphatic heterocycles. The van der Waals surface area contributed by atoms with Gasteiger partial charge in [0, 0.05) is 31.4 Å². The van der Waals surface area contributed by atoms with E-state index in [1.165, 1.54) is 0 Å². The monoisotopic (exact) mass is 316 g/mol. The maximum atomic E-state index is 12.9. The normalized spacial score (nSPS) is 14.5. The molecular formula is C16H17ClN4O. The molecule has 0 atom stereocenters. The molecule has 2 heterocycles. The minimum atomic E-state index is -0.121. The van der Waals surface area contributed by atoms with Crippen LogP contribution in [0, 0.1) is 6.92 Å². The molecule has 1 aromatic heterocycles. The highest BCUT2D eigenvalue weighted by Crippen LogP contribution is 2.34. The van der Waals surface area contributed by atoms with Crippen molar-refractivity contribution < 1.29 is 4.79 Å². The number of amides is 1. The van der Waals surface area contributed by atoms with E-state index in [9.17, 15) is 4.79 Å². The largest absolute Gasteiger partial charge is 0.373 e. The highest BCUT2D eigenvalue weighted by Gasteiger charge is 2.25. The van der Waals surface area contributed by atoms with Crippen molar-refractivity contribution >= 4 is 28.9 Å². The Labute approximate surface area is 134 Å².